The summed E-state index contributed by atoms with van der Waals surface area (Å²) >= 11 is 0. The van der Waals surface area contributed by atoms with Crippen molar-refractivity contribution in [3.05, 3.63) is 59.7 Å². The lowest BCUT2D eigenvalue weighted by atomic mass is 10.1. The van der Waals surface area contributed by atoms with Crippen molar-refractivity contribution in [1.82, 2.24) is 4.90 Å². The first-order valence-corrected chi connectivity index (χ1v) is 11.5. The van der Waals surface area contributed by atoms with E-state index in [1.54, 1.807) is 24.3 Å². The van der Waals surface area contributed by atoms with Gasteiger partial charge in [-0.3, -0.25) is 14.4 Å². The number of hydrogen-bond donors (Lipinski definition) is 1. The number of unbranched alkanes of at least 4 members (excludes halogenated alkanes) is 2. The fourth-order valence-electron chi connectivity index (χ4n) is 3.71. The van der Waals surface area contributed by atoms with Crippen LogP contribution in [0.3, 0.4) is 0 Å². The standard InChI is InChI=1S/C26H32N2O4/c1-2-3-4-17-32-23-12-10-21(11-13-23)24(29)14-15-25(30)27-22-8-5-7-20(18-22)19-28-16-6-9-26(28)31/h5,7-8,10-13,18H,2-4,6,9,14-17,19H2,1H3,(H,27,30). The predicted octanol–water partition coefficient (Wildman–Crippen LogP) is 4.98. The maximum absolute atomic E-state index is 12.4. The number of amides is 2. The summed E-state index contributed by atoms with van der Waals surface area (Å²) in [6.07, 6.45) is 5.08. The average molecular weight is 437 g/mol. The first kappa shape index (κ1) is 23.5. The zero-order valence-electron chi connectivity index (χ0n) is 18.8. The third-order valence-corrected chi connectivity index (χ3v) is 5.53. The topological polar surface area (TPSA) is 75.7 Å². The molecule has 32 heavy (non-hydrogen) atoms. The van der Waals surface area contributed by atoms with Gasteiger partial charge in [0, 0.05) is 43.6 Å². The van der Waals surface area contributed by atoms with E-state index in [-0.39, 0.29) is 30.4 Å². The summed E-state index contributed by atoms with van der Waals surface area (Å²) in [4.78, 5) is 38.4. The predicted molar refractivity (Wildman–Crippen MR) is 125 cm³/mol. The molecule has 2 amide bonds. The first-order chi connectivity index (χ1) is 15.5. The molecule has 1 aliphatic rings. The number of ketones is 1. The van der Waals surface area contributed by atoms with Crippen molar-refractivity contribution in [2.24, 2.45) is 0 Å². The summed E-state index contributed by atoms with van der Waals surface area (Å²) in [5.74, 6) is 0.655. The highest BCUT2D eigenvalue weighted by molar-refractivity contribution is 6.00. The highest BCUT2D eigenvalue weighted by atomic mass is 16.5. The minimum absolute atomic E-state index is 0.0704. The molecule has 6 nitrogen and oxygen atoms in total. The Balaban J connectivity index is 1.43. The maximum Gasteiger partial charge on any atom is 0.224 e. The van der Waals surface area contributed by atoms with Gasteiger partial charge in [0.1, 0.15) is 5.75 Å². The molecular formula is C26H32N2O4. The van der Waals surface area contributed by atoms with Crippen molar-refractivity contribution >= 4 is 23.3 Å². The Labute approximate surface area is 189 Å². The largest absolute Gasteiger partial charge is 0.494 e. The van der Waals surface area contributed by atoms with Crippen LogP contribution in [0.2, 0.25) is 0 Å². The molecule has 0 unspecified atom stereocenters. The lowest BCUT2D eigenvalue weighted by Gasteiger charge is -2.16. The number of likely N-dealkylation sites (tertiary alicyclic amines) is 1. The second-order valence-electron chi connectivity index (χ2n) is 8.17. The third-order valence-electron chi connectivity index (χ3n) is 5.53. The zero-order chi connectivity index (χ0) is 22.8. The summed E-state index contributed by atoms with van der Waals surface area (Å²) in [7, 11) is 0. The molecule has 2 aromatic rings. The fourth-order valence-corrected chi connectivity index (χ4v) is 3.71. The average Bonchev–Trinajstić information content (AvgIpc) is 3.20. The van der Waals surface area contributed by atoms with Gasteiger partial charge in [0.05, 0.1) is 6.61 Å². The molecule has 6 heteroatoms. The maximum atomic E-state index is 12.4. The Hall–Kier alpha value is -3.15. The Morgan fingerprint density at radius 3 is 2.59 bits per heavy atom. The Kier molecular flexibility index (Phi) is 8.84. The summed E-state index contributed by atoms with van der Waals surface area (Å²) in [5.41, 5.74) is 2.23. The number of carbonyl (C=O) groups is 3. The van der Waals surface area contributed by atoms with Gasteiger partial charge in [-0.2, -0.15) is 0 Å². The van der Waals surface area contributed by atoms with Gasteiger partial charge in [-0.15, -0.1) is 0 Å². The first-order valence-electron chi connectivity index (χ1n) is 11.5. The second kappa shape index (κ2) is 12.0. The number of ether oxygens (including phenoxy) is 1. The van der Waals surface area contributed by atoms with Crippen LogP contribution in [0, 0.1) is 0 Å². The Morgan fingerprint density at radius 2 is 1.88 bits per heavy atom. The van der Waals surface area contributed by atoms with E-state index in [2.05, 4.69) is 12.2 Å². The van der Waals surface area contributed by atoms with E-state index < -0.39 is 0 Å². The number of nitrogens with one attached hydrogen (secondary N) is 1. The van der Waals surface area contributed by atoms with Crippen LogP contribution in [0.5, 0.6) is 5.75 Å². The number of nitrogens with zero attached hydrogens (tertiary/aromatic N) is 1. The number of Topliss-reactive ketones (excluding diaryl/α,β-unsaturated/α-hetero) is 1. The van der Waals surface area contributed by atoms with Crippen LogP contribution in [-0.4, -0.2) is 35.6 Å². The van der Waals surface area contributed by atoms with Gasteiger partial charge in [-0.25, -0.2) is 0 Å². The minimum atomic E-state index is -0.205. The van der Waals surface area contributed by atoms with Gasteiger partial charge in [-0.1, -0.05) is 31.9 Å². The summed E-state index contributed by atoms with van der Waals surface area (Å²) < 4.78 is 5.67. The monoisotopic (exact) mass is 436 g/mol. The van der Waals surface area contributed by atoms with E-state index in [1.807, 2.05) is 29.2 Å². The van der Waals surface area contributed by atoms with Crippen molar-refractivity contribution < 1.29 is 19.1 Å². The van der Waals surface area contributed by atoms with E-state index >= 15 is 0 Å². The van der Waals surface area contributed by atoms with E-state index in [9.17, 15) is 14.4 Å². The number of hydrogen-bond acceptors (Lipinski definition) is 4. The molecule has 0 saturated carbocycles. The van der Waals surface area contributed by atoms with Crippen LogP contribution >= 0.6 is 0 Å². The molecule has 2 aromatic carbocycles. The fraction of sp³-hybridized carbons (Fsp3) is 0.423. The van der Waals surface area contributed by atoms with Crippen LogP contribution in [0.4, 0.5) is 5.69 Å². The molecule has 0 atom stereocenters. The highest BCUT2D eigenvalue weighted by Crippen LogP contribution is 2.18. The van der Waals surface area contributed by atoms with Gasteiger partial charge >= 0.3 is 0 Å². The number of benzene rings is 2. The molecule has 0 aliphatic carbocycles. The van der Waals surface area contributed by atoms with Crippen molar-refractivity contribution in [3.8, 4) is 5.75 Å². The molecule has 3 rings (SSSR count). The third kappa shape index (κ3) is 7.22. The van der Waals surface area contributed by atoms with Crippen molar-refractivity contribution in [2.45, 2.75) is 58.4 Å². The summed E-state index contributed by atoms with van der Waals surface area (Å²) in [5, 5.41) is 2.85. The number of anilines is 1. The molecule has 0 spiro atoms. The van der Waals surface area contributed by atoms with Crippen molar-refractivity contribution in [3.63, 3.8) is 0 Å². The van der Waals surface area contributed by atoms with Gasteiger partial charge < -0.3 is 15.0 Å². The van der Waals surface area contributed by atoms with Crippen LogP contribution in [0.25, 0.3) is 0 Å². The lowest BCUT2D eigenvalue weighted by Crippen LogP contribution is -2.23. The molecule has 0 aromatic heterocycles. The van der Waals surface area contributed by atoms with Gasteiger partial charge in [0.15, 0.2) is 5.78 Å². The van der Waals surface area contributed by atoms with E-state index in [4.69, 9.17) is 4.74 Å². The van der Waals surface area contributed by atoms with Gasteiger partial charge in [0.25, 0.3) is 0 Å². The summed E-state index contributed by atoms with van der Waals surface area (Å²) in [6.45, 7) is 4.16. The molecule has 1 saturated heterocycles. The molecule has 1 aliphatic heterocycles. The Morgan fingerprint density at radius 1 is 1.06 bits per heavy atom. The molecule has 0 radical (unpaired) electrons. The van der Waals surface area contributed by atoms with Crippen LogP contribution in [0.1, 0.15) is 67.8 Å². The number of carbonyl (C=O) groups excluding carboxylic acids is 3. The molecule has 1 N–H and O–H groups in total. The smallest absolute Gasteiger partial charge is 0.224 e. The molecule has 1 heterocycles. The molecule has 1 fully saturated rings. The summed E-state index contributed by atoms with van der Waals surface area (Å²) in [6, 6.07) is 14.6. The normalized spacial score (nSPS) is 13.3. The minimum Gasteiger partial charge on any atom is -0.494 e. The van der Waals surface area contributed by atoms with Crippen LogP contribution in [0.15, 0.2) is 48.5 Å². The number of rotatable bonds is 12. The van der Waals surface area contributed by atoms with Gasteiger partial charge in [-0.05, 0) is 54.8 Å². The quantitative estimate of drug-likeness (QED) is 0.376. The van der Waals surface area contributed by atoms with E-state index in [1.165, 1.54) is 0 Å². The Bertz CT molecular complexity index is 924. The SMILES string of the molecule is CCCCCOc1ccc(C(=O)CCC(=O)Nc2cccc(CN3CCCC3=O)c2)cc1. The lowest BCUT2D eigenvalue weighted by molar-refractivity contribution is -0.128. The van der Waals surface area contributed by atoms with E-state index in [0.29, 0.717) is 30.8 Å². The molecule has 170 valence electrons. The van der Waals surface area contributed by atoms with Crippen LogP contribution < -0.4 is 10.1 Å². The van der Waals surface area contributed by atoms with Crippen molar-refractivity contribution in [1.29, 1.82) is 0 Å². The van der Waals surface area contributed by atoms with E-state index in [0.717, 1.165) is 43.5 Å². The molecular weight excluding hydrogens is 404 g/mol. The zero-order valence-corrected chi connectivity index (χ0v) is 18.8. The molecule has 0 bridgehead atoms. The van der Waals surface area contributed by atoms with Crippen molar-refractivity contribution in [2.75, 3.05) is 18.5 Å². The van der Waals surface area contributed by atoms with Gasteiger partial charge in [0.2, 0.25) is 11.8 Å². The highest BCUT2D eigenvalue weighted by Gasteiger charge is 2.20. The van der Waals surface area contributed by atoms with Crippen LogP contribution in [-0.2, 0) is 16.1 Å². The second-order valence-corrected chi connectivity index (χ2v) is 8.17.